The Bertz CT molecular complexity index is 660. The summed E-state index contributed by atoms with van der Waals surface area (Å²) in [7, 11) is 0. The van der Waals surface area contributed by atoms with Crippen LogP contribution in [0.4, 0.5) is 14.5 Å². The number of phenolic OH excluding ortho intramolecular Hbond substituents is 1. The van der Waals surface area contributed by atoms with Crippen LogP contribution in [0.2, 0.25) is 0 Å². The molecule has 0 unspecified atom stereocenters. The molecule has 0 amide bonds. The van der Waals surface area contributed by atoms with E-state index in [1.54, 1.807) is 0 Å². The number of hydrogen-bond donors (Lipinski definition) is 2. The van der Waals surface area contributed by atoms with E-state index < -0.39 is 11.6 Å². The molecular weight excluding hydrogens is 240 g/mol. The Morgan fingerprint density at radius 3 is 1.83 bits per heavy atom. The number of nitrogen functional groups attached to an aromatic ring is 1. The Morgan fingerprint density at radius 2 is 1.28 bits per heavy atom. The van der Waals surface area contributed by atoms with Crippen LogP contribution < -0.4 is 5.73 Å². The number of halogens is 2. The van der Waals surface area contributed by atoms with E-state index in [0.717, 1.165) is 12.1 Å². The fraction of sp³-hybridized carbons (Fsp3) is 0. The van der Waals surface area contributed by atoms with Gasteiger partial charge in [0.15, 0.2) is 11.6 Å². The summed E-state index contributed by atoms with van der Waals surface area (Å²) in [6, 6.07) is 4.70. The highest BCUT2D eigenvalue weighted by Crippen LogP contribution is 2.26. The molecule has 1 heterocycles. The average molecular weight is 247 g/mol. The van der Waals surface area contributed by atoms with Crippen LogP contribution in [0.3, 0.4) is 0 Å². The summed E-state index contributed by atoms with van der Waals surface area (Å²) in [4.78, 5) is 8.22. The van der Waals surface area contributed by atoms with Crippen LogP contribution in [-0.2, 0) is 0 Å². The van der Waals surface area contributed by atoms with Crippen LogP contribution in [0.1, 0.15) is 0 Å². The summed E-state index contributed by atoms with van der Waals surface area (Å²) in [5.74, 6) is -2.10. The maximum atomic E-state index is 13.1. The highest BCUT2D eigenvalue weighted by atomic mass is 19.2. The molecule has 0 bridgehead atoms. The lowest BCUT2D eigenvalue weighted by Crippen LogP contribution is -1.93. The van der Waals surface area contributed by atoms with Crippen molar-refractivity contribution in [3.8, 4) is 5.75 Å². The molecule has 4 nitrogen and oxygen atoms in total. The summed E-state index contributed by atoms with van der Waals surface area (Å²) in [5, 5.41) is 9.46. The third-order valence-electron chi connectivity index (χ3n) is 2.62. The van der Waals surface area contributed by atoms with Crippen molar-refractivity contribution in [3.05, 3.63) is 35.9 Å². The monoisotopic (exact) mass is 247 g/mol. The number of aromatic nitrogens is 2. The molecule has 0 radical (unpaired) electrons. The standard InChI is InChI=1S/C12H7F2N3O/c13-5-1-8-9(2-6(5)14)17-11-4-12(18)7(15)3-10(11)16-8/h1-4,18H,15H2. The maximum absolute atomic E-state index is 13.1. The summed E-state index contributed by atoms with van der Waals surface area (Å²) in [6.45, 7) is 0. The Morgan fingerprint density at radius 1 is 0.833 bits per heavy atom. The lowest BCUT2D eigenvalue weighted by molar-refractivity contribution is 0.478. The van der Waals surface area contributed by atoms with Gasteiger partial charge in [-0.05, 0) is 6.07 Å². The number of hydrogen-bond acceptors (Lipinski definition) is 4. The van der Waals surface area contributed by atoms with Gasteiger partial charge in [-0.3, -0.25) is 0 Å². The summed E-state index contributed by atoms with van der Waals surface area (Å²) >= 11 is 0. The van der Waals surface area contributed by atoms with Gasteiger partial charge in [-0.25, -0.2) is 18.7 Å². The van der Waals surface area contributed by atoms with Crippen LogP contribution in [0.5, 0.6) is 5.75 Å². The Hall–Kier alpha value is -2.50. The fourth-order valence-electron chi connectivity index (χ4n) is 1.73. The van der Waals surface area contributed by atoms with Gasteiger partial charge in [-0.1, -0.05) is 0 Å². The maximum Gasteiger partial charge on any atom is 0.161 e. The fourth-order valence-corrected chi connectivity index (χ4v) is 1.73. The van der Waals surface area contributed by atoms with Crippen LogP contribution in [0.25, 0.3) is 22.1 Å². The van der Waals surface area contributed by atoms with Crippen molar-refractivity contribution in [1.29, 1.82) is 0 Å². The minimum atomic E-state index is -0.990. The molecule has 0 fully saturated rings. The van der Waals surface area contributed by atoms with Gasteiger partial charge in [0.05, 0.1) is 27.8 Å². The smallest absolute Gasteiger partial charge is 0.161 e. The molecule has 0 saturated heterocycles. The number of fused-ring (bicyclic) bond motifs is 2. The number of aromatic hydroxyl groups is 1. The third-order valence-corrected chi connectivity index (χ3v) is 2.62. The molecule has 0 saturated carbocycles. The lowest BCUT2D eigenvalue weighted by atomic mass is 10.2. The zero-order valence-corrected chi connectivity index (χ0v) is 8.98. The second-order valence-corrected chi connectivity index (χ2v) is 3.88. The molecule has 6 heteroatoms. The zero-order chi connectivity index (χ0) is 12.9. The summed E-state index contributed by atoms with van der Waals surface area (Å²) in [6.07, 6.45) is 0. The van der Waals surface area contributed by atoms with Crippen molar-refractivity contribution in [1.82, 2.24) is 9.97 Å². The Balaban J connectivity index is 2.43. The Labute approximate surface area is 99.7 Å². The van der Waals surface area contributed by atoms with Crippen molar-refractivity contribution in [2.24, 2.45) is 0 Å². The minimum absolute atomic E-state index is 0.126. The highest BCUT2D eigenvalue weighted by molar-refractivity contribution is 5.89. The highest BCUT2D eigenvalue weighted by Gasteiger charge is 2.09. The molecular formula is C12H7F2N3O. The van der Waals surface area contributed by atoms with E-state index in [4.69, 9.17) is 5.73 Å². The molecule has 0 aliphatic rings. The zero-order valence-electron chi connectivity index (χ0n) is 8.98. The first-order valence-corrected chi connectivity index (χ1v) is 5.09. The predicted octanol–water partition coefficient (Wildman–Crippen LogP) is 2.35. The topological polar surface area (TPSA) is 72.0 Å². The number of nitrogens with two attached hydrogens (primary N) is 1. The van der Waals surface area contributed by atoms with Crippen molar-refractivity contribution in [2.75, 3.05) is 5.73 Å². The van der Waals surface area contributed by atoms with E-state index >= 15 is 0 Å². The molecule has 2 aromatic carbocycles. The van der Waals surface area contributed by atoms with Crippen molar-refractivity contribution >= 4 is 27.8 Å². The van der Waals surface area contributed by atoms with Gasteiger partial charge in [0.2, 0.25) is 0 Å². The number of rotatable bonds is 0. The lowest BCUT2D eigenvalue weighted by Gasteiger charge is -2.04. The van der Waals surface area contributed by atoms with Gasteiger partial charge in [0, 0.05) is 18.2 Å². The van der Waals surface area contributed by atoms with E-state index in [9.17, 15) is 13.9 Å². The SMILES string of the molecule is Nc1cc2nc3cc(F)c(F)cc3nc2cc1O. The molecule has 90 valence electrons. The van der Waals surface area contributed by atoms with E-state index in [1.807, 2.05) is 0 Å². The Kier molecular flexibility index (Phi) is 2.07. The molecule has 0 spiro atoms. The number of nitrogens with zero attached hydrogens (tertiary/aromatic N) is 2. The van der Waals surface area contributed by atoms with Crippen LogP contribution in [0, 0.1) is 11.6 Å². The number of anilines is 1. The van der Waals surface area contributed by atoms with Crippen LogP contribution in [0.15, 0.2) is 24.3 Å². The first-order chi connectivity index (χ1) is 8.54. The quantitative estimate of drug-likeness (QED) is 0.363. The molecule has 0 atom stereocenters. The molecule has 3 N–H and O–H groups in total. The first-order valence-electron chi connectivity index (χ1n) is 5.09. The second-order valence-electron chi connectivity index (χ2n) is 3.88. The molecule has 3 rings (SSSR count). The van der Waals surface area contributed by atoms with E-state index in [0.29, 0.717) is 11.0 Å². The van der Waals surface area contributed by atoms with Gasteiger partial charge in [0.25, 0.3) is 0 Å². The first kappa shape index (κ1) is 10.6. The second kappa shape index (κ2) is 3.49. The number of benzene rings is 2. The molecule has 1 aromatic heterocycles. The largest absolute Gasteiger partial charge is 0.506 e. The van der Waals surface area contributed by atoms with Gasteiger partial charge in [-0.15, -0.1) is 0 Å². The van der Waals surface area contributed by atoms with Crippen molar-refractivity contribution < 1.29 is 13.9 Å². The van der Waals surface area contributed by atoms with Gasteiger partial charge < -0.3 is 10.8 Å². The normalized spacial score (nSPS) is 11.2. The summed E-state index contributed by atoms with van der Waals surface area (Å²) in [5.41, 5.74) is 6.89. The van der Waals surface area contributed by atoms with Gasteiger partial charge in [-0.2, -0.15) is 0 Å². The molecule has 3 aromatic rings. The minimum Gasteiger partial charge on any atom is -0.506 e. The molecule has 0 aliphatic heterocycles. The number of phenols is 1. The van der Waals surface area contributed by atoms with Crippen molar-refractivity contribution in [2.45, 2.75) is 0 Å². The van der Waals surface area contributed by atoms with Crippen molar-refractivity contribution in [3.63, 3.8) is 0 Å². The van der Waals surface area contributed by atoms with Gasteiger partial charge >= 0.3 is 0 Å². The third kappa shape index (κ3) is 1.50. The van der Waals surface area contributed by atoms with Crippen LogP contribution in [-0.4, -0.2) is 15.1 Å². The summed E-state index contributed by atoms with van der Waals surface area (Å²) < 4.78 is 26.2. The molecule has 0 aliphatic carbocycles. The van der Waals surface area contributed by atoms with Crippen LogP contribution >= 0.6 is 0 Å². The molecule has 18 heavy (non-hydrogen) atoms. The van der Waals surface area contributed by atoms with Gasteiger partial charge in [0.1, 0.15) is 5.75 Å². The van der Waals surface area contributed by atoms with E-state index in [2.05, 4.69) is 9.97 Å². The predicted molar refractivity (Wildman–Crippen MR) is 63.0 cm³/mol. The van der Waals surface area contributed by atoms with E-state index in [1.165, 1.54) is 12.1 Å². The average Bonchev–Trinajstić information content (AvgIpc) is 2.31. The van der Waals surface area contributed by atoms with E-state index in [-0.39, 0.29) is 22.5 Å².